The number of pyridine rings is 2. The smallest absolute Gasteiger partial charge is 0.253 e. The van der Waals surface area contributed by atoms with Gasteiger partial charge in [0, 0.05) is 45.1 Å². The lowest BCUT2D eigenvalue weighted by atomic mass is 10.2. The van der Waals surface area contributed by atoms with Crippen molar-refractivity contribution in [3.8, 4) is 0 Å². The number of carbonyl (C=O) groups excluding carboxylic acids is 1. The fourth-order valence-electron chi connectivity index (χ4n) is 2.91. The lowest BCUT2D eigenvalue weighted by Crippen LogP contribution is -2.43. The summed E-state index contributed by atoms with van der Waals surface area (Å²) < 4.78 is 1.49. The molecule has 1 amide bonds. The number of carbonyl (C=O) groups is 1. The maximum absolute atomic E-state index is 12.4. The zero-order chi connectivity index (χ0) is 17.9. The molecule has 26 heavy (non-hydrogen) atoms. The average Bonchev–Trinajstić information content (AvgIpc) is 3.06. The molecule has 0 bridgehead atoms. The monoisotopic (exact) mass is 371 g/mol. The van der Waals surface area contributed by atoms with E-state index < -0.39 is 0 Å². The van der Waals surface area contributed by atoms with Gasteiger partial charge in [-0.15, -0.1) is 5.10 Å². The number of anilines is 1. The predicted molar refractivity (Wildman–Crippen MR) is 98.5 cm³/mol. The molecule has 9 heteroatoms. The Kier molecular flexibility index (Phi) is 4.68. The van der Waals surface area contributed by atoms with Crippen LogP contribution in [0.25, 0.3) is 5.65 Å². The van der Waals surface area contributed by atoms with Crippen LogP contribution < -0.4 is 15.5 Å². The summed E-state index contributed by atoms with van der Waals surface area (Å²) in [4.78, 5) is 23.1. The van der Waals surface area contributed by atoms with Crippen LogP contribution in [0.4, 0.5) is 5.82 Å². The Hall–Kier alpha value is -2.71. The lowest BCUT2D eigenvalue weighted by Gasteiger charge is -2.28. The van der Waals surface area contributed by atoms with Gasteiger partial charge in [-0.05, 0) is 41.4 Å². The van der Waals surface area contributed by atoms with E-state index in [0.29, 0.717) is 17.8 Å². The molecule has 1 aliphatic rings. The fraction of sp³-hybridized carbons (Fsp3) is 0.294. The van der Waals surface area contributed by atoms with Crippen molar-refractivity contribution in [2.75, 3.05) is 31.1 Å². The first kappa shape index (κ1) is 16.7. The molecule has 0 atom stereocenters. The number of fused-ring (bicyclic) bond motifs is 1. The first-order valence-electron chi connectivity index (χ1n) is 8.40. The minimum atomic E-state index is -0.181. The summed E-state index contributed by atoms with van der Waals surface area (Å²) in [5.74, 6) is 0.760. The zero-order valence-corrected chi connectivity index (χ0v) is 14.8. The molecular formula is C17H18ClN7O. The molecule has 8 nitrogen and oxygen atoms in total. The Morgan fingerprint density at radius 2 is 2.12 bits per heavy atom. The van der Waals surface area contributed by atoms with Crippen LogP contribution >= 0.6 is 11.6 Å². The summed E-state index contributed by atoms with van der Waals surface area (Å²) in [5, 5.41) is 10.4. The van der Waals surface area contributed by atoms with Gasteiger partial charge in [-0.2, -0.15) is 4.98 Å². The maximum Gasteiger partial charge on any atom is 0.253 e. The van der Waals surface area contributed by atoms with Crippen LogP contribution in [0.1, 0.15) is 15.9 Å². The first-order valence-corrected chi connectivity index (χ1v) is 8.77. The van der Waals surface area contributed by atoms with E-state index in [1.54, 1.807) is 24.5 Å². The quantitative estimate of drug-likeness (QED) is 0.714. The number of hydrogen-bond donors (Lipinski definition) is 2. The van der Waals surface area contributed by atoms with Gasteiger partial charge < -0.3 is 15.5 Å². The van der Waals surface area contributed by atoms with Crippen molar-refractivity contribution in [2.45, 2.75) is 6.54 Å². The molecular weight excluding hydrogens is 354 g/mol. The van der Waals surface area contributed by atoms with E-state index in [1.807, 2.05) is 12.1 Å². The highest BCUT2D eigenvalue weighted by atomic mass is 35.5. The molecule has 0 saturated carbocycles. The Morgan fingerprint density at radius 3 is 2.96 bits per heavy atom. The van der Waals surface area contributed by atoms with Crippen LogP contribution in [0.2, 0.25) is 5.28 Å². The molecule has 3 aromatic heterocycles. The molecule has 1 saturated heterocycles. The molecule has 0 radical (unpaired) electrons. The third kappa shape index (κ3) is 3.61. The third-order valence-corrected chi connectivity index (χ3v) is 4.43. The Bertz CT molecular complexity index is 936. The van der Waals surface area contributed by atoms with Gasteiger partial charge in [0.15, 0.2) is 5.65 Å². The highest BCUT2D eigenvalue weighted by molar-refractivity contribution is 6.28. The number of nitrogens with zero attached hydrogens (tertiary/aromatic N) is 5. The van der Waals surface area contributed by atoms with Crippen LogP contribution in [0.15, 0.2) is 36.7 Å². The minimum absolute atomic E-state index is 0.153. The van der Waals surface area contributed by atoms with Crippen molar-refractivity contribution in [1.29, 1.82) is 0 Å². The Morgan fingerprint density at radius 1 is 1.27 bits per heavy atom. The highest BCUT2D eigenvalue weighted by Gasteiger charge is 2.13. The van der Waals surface area contributed by atoms with Gasteiger partial charge in [0.25, 0.3) is 5.91 Å². The summed E-state index contributed by atoms with van der Waals surface area (Å²) in [6, 6.07) is 7.34. The molecule has 2 N–H and O–H groups in total. The average molecular weight is 372 g/mol. The summed E-state index contributed by atoms with van der Waals surface area (Å²) in [6.45, 7) is 4.21. The number of aromatic nitrogens is 4. The van der Waals surface area contributed by atoms with Gasteiger partial charge in [0.1, 0.15) is 5.82 Å². The molecule has 1 aliphatic heterocycles. The number of amides is 1. The SMILES string of the molecule is O=C(NCc1ccnc(N2CCNCC2)c1)c1ccc2nc(Cl)nn2c1. The van der Waals surface area contributed by atoms with Crippen LogP contribution in [-0.2, 0) is 6.54 Å². The van der Waals surface area contributed by atoms with Crippen LogP contribution in [-0.4, -0.2) is 51.7 Å². The van der Waals surface area contributed by atoms with E-state index in [-0.39, 0.29) is 11.2 Å². The van der Waals surface area contributed by atoms with E-state index in [1.165, 1.54) is 4.52 Å². The molecule has 0 unspecified atom stereocenters. The maximum atomic E-state index is 12.4. The fourth-order valence-corrected chi connectivity index (χ4v) is 3.08. The second kappa shape index (κ2) is 7.27. The number of halogens is 1. The van der Waals surface area contributed by atoms with Crippen molar-refractivity contribution in [1.82, 2.24) is 30.2 Å². The molecule has 134 valence electrons. The van der Waals surface area contributed by atoms with Gasteiger partial charge in [-0.3, -0.25) is 4.79 Å². The summed E-state index contributed by atoms with van der Waals surface area (Å²) >= 11 is 5.78. The largest absolute Gasteiger partial charge is 0.354 e. The van der Waals surface area contributed by atoms with E-state index in [9.17, 15) is 4.79 Å². The van der Waals surface area contributed by atoms with Crippen LogP contribution in [0, 0.1) is 0 Å². The van der Waals surface area contributed by atoms with E-state index in [0.717, 1.165) is 37.6 Å². The topological polar surface area (TPSA) is 87.5 Å². The molecule has 0 aliphatic carbocycles. The lowest BCUT2D eigenvalue weighted by molar-refractivity contribution is 0.0950. The predicted octanol–water partition coefficient (Wildman–Crippen LogP) is 1.12. The van der Waals surface area contributed by atoms with Crippen LogP contribution in [0.3, 0.4) is 0 Å². The summed E-state index contributed by atoms with van der Waals surface area (Å²) in [5.41, 5.74) is 2.10. The summed E-state index contributed by atoms with van der Waals surface area (Å²) in [6.07, 6.45) is 3.39. The third-order valence-electron chi connectivity index (χ3n) is 4.27. The Balaban J connectivity index is 1.43. The van der Waals surface area contributed by atoms with Gasteiger partial charge in [0.05, 0.1) is 5.56 Å². The van der Waals surface area contributed by atoms with E-state index in [4.69, 9.17) is 11.6 Å². The number of hydrogen-bond acceptors (Lipinski definition) is 6. The second-order valence-corrected chi connectivity index (χ2v) is 6.38. The first-order chi connectivity index (χ1) is 12.7. The van der Waals surface area contributed by atoms with Crippen LogP contribution in [0.5, 0.6) is 0 Å². The molecule has 0 spiro atoms. The van der Waals surface area contributed by atoms with Crippen molar-refractivity contribution < 1.29 is 4.79 Å². The number of nitrogens with one attached hydrogen (secondary N) is 2. The highest BCUT2D eigenvalue weighted by Crippen LogP contribution is 2.14. The van der Waals surface area contributed by atoms with Crippen molar-refractivity contribution in [3.63, 3.8) is 0 Å². The van der Waals surface area contributed by atoms with Crippen molar-refractivity contribution >= 4 is 29.0 Å². The normalized spacial score (nSPS) is 14.6. The number of rotatable bonds is 4. The molecule has 4 heterocycles. The van der Waals surface area contributed by atoms with Gasteiger partial charge >= 0.3 is 0 Å². The standard InChI is InChI=1S/C17H18ClN7O/c18-17-22-14-2-1-13(11-25(14)23-17)16(26)21-10-12-3-4-20-15(9-12)24-7-5-19-6-8-24/h1-4,9,11,19H,5-8,10H2,(H,21,26). The zero-order valence-electron chi connectivity index (χ0n) is 14.0. The minimum Gasteiger partial charge on any atom is -0.354 e. The Labute approximate surface area is 155 Å². The number of piperazine rings is 1. The van der Waals surface area contributed by atoms with E-state index >= 15 is 0 Å². The van der Waals surface area contributed by atoms with Gasteiger partial charge in [0.2, 0.25) is 5.28 Å². The van der Waals surface area contributed by atoms with Crippen molar-refractivity contribution in [2.24, 2.45) is 0 Å². The molecule has 0 aromatic carbocycles. The second-order valence-electron chi connectivity index (χ2n) is 6.04. The van der Waals surface area contributed by atoms with Gasteiger partial charge in [-0.1, -0.05) is 0 Å². The van der Waals surface area contributed by atoms with Crippen molar-refractivity contribution in [3.05, 3.63) is 53.1 Å². The summed E-state index contributed by atoms with van der Waals surface area (Å²) in [7, 11) is 0. The molecule has 1 fully saturated rings. The van der Waals surface area contributed by atoms with E-state index in [2.05, 4.69) is 30.6 Å². The molecule has 3 aromatic rings. The molecule has 4 rings (SSSR count). The van der Waals surface area contributed by atoms with Gasteiger partial charge in [-0.25, -0.2) is 9.50 Å².